The van der Waals surface area contributed by atoms with Crippen molar-refractivity contribution in [1.29, 1.82) is 0 Å². The first-order chi connectivity index (χ1) is 6.29. The first kappa shape index (κ1) is 8.42. The summed E-state index contributed by atoms with van der Waals surface area (Å²) < 4.78 is 5.19. The average molecular weight is 177 g/mol. The van der Waals surface area contributed by atoms with Gasteiger partial charge in [-0.3, -0.25) is 0 Å². The van der Waals surface area contributed by atoms with E-state index in [2.05, 4.69) is 24.4 Å². The van der Waals surface area contributed by atoms with Crippen molar-refractivity contribution in [1.82, 2.24) is 0 Å². The third-order valence-corrected chi connectivity index (χ3v) is 2.52. The lowest BCUT2D eigenvalue weighted by Gasteiger charge is -2.23. The zero-order chi connectivity index (χ0) is 9.26. The van der Waals surface area contributed by atoms with Gasteiger partial charge in [0, 0.05) is 12.2 Å². The van der Waals surface area contributed by atoms with Crippen molar-refractivity contribution in [2.24, 2.45) is 5.92 Å². The van der Waals surface area contributed by atoms with Crippen LogP contribution in [-0.2, 0) is 6.42 Å². The van der Waals surface area contributed by atoms with Crippen molar-refractivity contribution in [3.8, 4) is 5.75 Å². The molecule has 1 N–H and O–H groups in total. The number of benzene rings is 1. The summed E-state index contributed by atoms with van der Waals surface area (Å²) in [4.78, 5) is 0. The van der Waals surface area contributed by atoms with Gasteiger partial charge in [0.15, 0.2) is 0 Å². The number of nitrogens with one attached hydrogen (secondary N) is 1. The van der Waals surface area contributed by atoms with Crippen LogP contribution in [0.25, 0.3) is 0 Å². The molecule has 0 unspecified atom stereocenters. The van der Waals surface area contributed by atoms with E-state index in [1.165, 1.54) is 11.3 Å². The van der Waals surface area contributed by atoms with E-state index in [1.807, 2.05) is 6.07 Å². The number of anilines is 1. The van der Waals surface area contributed by atoms with Gasteiger partial charge in [0.05, 0.1) is 7.11 Å². The molecule has 70 valence electrons. The second-order valence-electron chi connectivity index (χ2n) is 3.71. The van der Waals surface area contributed by atoms with Crippen LogP contribution >= 0.6 is 0 Å². The van der Waals surface area contributed by atoms with Gasteiger partial charge in [-0.05, 0) is 36.1 Å². The lowest BCUT2D eigenvalue weighted by molar-refractivity contribution is 0.413. The van der Waals surface area contributed by atoms with Crippen LogP contribution in [0.15, 0.2) is 18.2 Å². The third kappa shape index (κ3) is 1.62. The van der Waals surface area contributed by atoms with Gasteiger partial charge in [-0.25, -0.2) is 0 Å². The summed E-state index contributed by atoms with van der Waals surface area (Å²) in [6, 6.07) is 6.22. The summed E-state index contributed by atoms with van der Waals surface area (Å²) in [5, 5.41) is 3.41. The number of hydrogen-bond acceptors (Lipinski definition) is 2. The zero-order valence-electron chi connectivity index (χ0n) is 8.13. The van der Waals surface area contributed by atoms with Gasteiger partial charge in [0.25, 0.3) is 0 Å². The highest BCUT2D eigenvalue weighted by molar-refractivity contribution is 5.56. The molecular weight excluding hydrogens is 162 g/mol. The monoisotopic (exact) mass is 177 g/mol. The second-order valence-corrected chi connectivity index (χ2v) is 3.71. The molecule has 0 aliphatic carbocycles. The van der Waals surface area contributed by atoms with E-state index in [0.717, 1.165) is 24.6 Å². The second kappa shape index (κ2) is 3.29. The Morgan fingerprint density at radius 3 is 3.08 bits per heavy atom. The molecule has 1 aromatic rings. The molecule has 0 fully saturated rings. The van der Waals surface area contributed by atoms with Gasteiger partial charge in [-0.2, -0.15) is 0 Å². The number of fused-ring (bicyclic) bond motifs is 1. The minimum atomic E-state index is 0.722. The van der Waals surface area contributed by atoms with E-state index in [1.54, 1.807) is 7.11 Å². The summed E-state index contributed by atoms with van der Waals surface area (Å²) in [5.74, 6) is 1.68. The predicted molar refractivity (Wildman–Crippen MR) is 54.4 cm³/mol. The largest absolute Gasteiger partial charge is 0.497 e. The van der Waals surface area contributed by atoms with Gasteiger partial charge in [-0.1, -0.05) is 6.92 Å². The molecule has 0 bridgehead atoms. The first-order valence-electron chi connectivity index (χ1n) is 4.70. The molecule has 13 heavy (non-hydrogen) atoms. The fraction of sp³-hybridized carbons (Fsp3) is 0.455. The van der Waals surface area contributed by atoms with E-state index >= 15 is 0 Å². The van der Waals surface area contributed by atoms with Crippen molar-refractivity contribution >= 4 is 5.69 Å². The third-order valence-electron chi connectivity index (χ3n) is 2.52. The maximum atomic E-state index is 5.19. The molecule has 2 rings (SSSR count). The molecule has 1 aliphatic heterocycles. The Morgan fingerprint density at radius 2 is 2.31 bits per heavy atom. The maximum absolute atomic E-state index is 5.19. The van der Waals surface area contributed by atoms with Crippen molar-refractivity contribution in [3.63, 3.8) is 0 Å². The Balaban J connectivity index is 2.32. The molecular formula is C11H15NO. The lowest BCUT2D eigenvalue weighted by atomic mass is 9.95. The standard InChI is InChI=1S/C11H15NO/c1-8-5-9-6-10(13-2)3-4-11(9)12-7-8/h3-4,6,8,12H,5,7H2,1-2H3/t8-/m1/s1. The fourth-order valence-electron chi connectivity index (χ4n) is 1.77. The van der Waals surface area contributed by atoms with Gasteiger partial charge >= 0.3 is 0 Å². The molecule has 0 radical (unpaired) electrons. The normalized spacial score (nSPS) is 20.3. The van der Waals surface area contributed by atoms with Crippen LogP contribution in [0.3, 0.4) is 0 Å². The Labute approximate surface area is 78.9 Å². The quantitative estimate of drug-likeness (QED) is 0.710. The Hall–Kier alpha value is -1.18. The number of rotatable bonds is 1. The molecule has 0 saturated heterocycles. The smallest absolute Gasteiger partial charge is 0.119 e. The Kier molecular flexibility index (Phi) is 2.13. The predicted octanol–water partition coefficient (Wildman–Crippen LogP) is 2.30. The van der Waals surface area contributed by atoms with Crippen LogP contribution < -0.4 is 10.1 Å². The summed E-state index contributed by atoms with van der Waals surface area (Å²) in [6.45, 7) is 3.34. The first-order valence-corrected chi connectivity index (χ1v) is 4.70. The summed E-state index contributed by atoms with van der Waals surface area (Å²) in [5.41, 5.74) is 2.64. The van der Waals surface area contributed by atoms with Gasteiger partial charge in [-0.15, -0.1) is 0 Å². The Morgan fingerprint density at radius 1 is 1.46 bits per heavy atom. The molecule has 0 saturated carbocycles. The molecule has 0 amide bonds. The van der Waals surface area contributed by atoms with Crippen LogP contribution in [-0.4, -0.2) is 13.7 Å². The highest BCUT2D eigenvalue weighted by Gasteiger charge is 2.14. The minimum absolute atomic E-state index is 0.722. The number of ether oxygens (including phenoxy) is 1. The molecule has 0 spiro atoms. The van der Waals surface area contributed by atoms with Crippen LogP contribution in [0.5, 0.6) is 5.75 Å². The Bertz CT molecular complexity index is 309. The van der Waals surface area contributed by atoms with Crippen LogP contribution in [0.1, 0.15) is 12.5 Å². The molecule has 1 aliphatic rings. The highest BCUT2D eigenvalue weighted by Crippen LogP contribution is 2.27. The lowest BCUT2D eigenvalue weighted by Crippen LogP contribution is -2.20. The van der Waals surface area contributed by atoms with Gasteiger partial charge in [0.1, 0.15) is 5.75 Å². The van der Waals surface area contributed by atoms with Crippen LogP contribution in [0.4, 0.5) is 5.69 Å². The molecule has 1 aromatic carbocycles. The summed E-state index contributed by atoms with van der Waals surface area (Å²) >= 11 is 0. The highest BCUT2D eigenvalue weighted by atomic mass is 16.5. The van der Waals surface area contributed by atoms with Crippen molar-refractivity contribution in [2.75, 3.05) is 19.0 Å². The van der Waals surface area contributed by atoms with E-state index in [9.17, 15) is 0 Å². The fourth-order valence-corrected chi connectivity index (χ4v) is 1.77. The SMILES string of the molecule is COc1ccc2c(c1)C[C@@H](C)CN2. The van der Waals surface area contributed by atoms with E-state index in [-0.39, 0.29) is 0 Å². The summed E-state index contributed by atoms with van der Waals surface area (Å²) in [6.07, 6.45) is 1.15. The van der Waals surface area contributed by atoms with Crippen molar-refractivity contribution in [3.05, 3.63) is 23.8 Å². The molecule has 1 atom stereocenters. The van der Waals surface area contributed by atoms with E-state index in [0.29, 0.717) is 0 Å². The van der Waals surface area contributed by atoms with Crippen molar-refractivity contribution in [2.45, 2.75) is 13.3 Å². The van der Waals surface area contributed by atoms with E-state index < -0.39 is 0 Å². The molecule has 2 heteroatoms. The van der Waals surface area contributed by atoms with Gasteiger partial charge < -0.3 is 10.1 Å². The van der Waals surface area contributed by atoms with Crippen molar-refractivity contribution < 1.29 is 4.74 Å². The topological polar surface area (TPSA) is 21.3 Å². The van der Waals surface area contributed by atoms with Crippen LogP contribution in [0.2, 0.25) is 0 Å². The molecule has 1 heterocycles. The molecule has 2 nitrogen and oxygen atoms in total. The number of methoxy groups -OCH3 is 1. The number of hydrogen-bond donors (Lipinski definition) is 1. The van der Waals surface area contributed by atoms with Gasteiger partial charge in [0.2, 0.25) is 0 Å². The minimum Gasteiger partial charge on any atom is -0.497 e. The average Bonchev–Trinajstić information content (AvgIpc) is 2.16. The molecule has 0 aromatic heterocycles. The maximum Gasteiger partial charge on any atom is 0.119 e. The zero-order valence-corrected chi connectivity index (χ0v) is 8.13. The van der Waals surface area contributed by atoms with Crippen LogP contribution in [0, 0.1) is 5.92 Å². The van der Waals surface area contributed by atoms with E-state index in [4.69, 9.17) is 4.74 Å². The summed E-state index contributed by atoms with van der Waals surface area (Å²) in [7, 11) is 1.71.